The maximum absolute atomic E-state index is 13.5. The van der Waals surface area contributed by atoms with Crippen molar-refractivity contribution in [2.45, 2.75) is 26.0 Å². The summed E-state index contributed by atoms with van der Waals surface area (Å²) in [4.78, 5) is 67.0. The molecule has 0 saturated heterocycles. The van der Waals surface area contributed by atoms with Crippen LogP contribution in [0.2, 0.25) is 0 Å². The van der Waals surface area contributed by atoms with E-state index in [-0.39, 0.29) is 23.2 Å². The molecule has 1 atom stereocenters. The van der Waals surface area contributed by atoms with Gasteiger partial charge in [0.1, 0.15) is 12.6 Å². The maximum atomic E-state index is 13.5. The largest absolute Gasteiger partial charge is 0.461 e. The van der Waals surface area contributed by atoms with Crippen LogP contribution in [0.3, 0.4) is 0 Å². The number of fused-ring (bicyclic) bond motifs is 1. The first-order valence-electron chi connectivity index (χ1n) is 13.9. The minimum absolute atomic E-state index is 0.00874. The van der Waals surface area contributed by atoms with Gasteiger partial charge in [-0.15, -0.1) is 0 Å². The van der Waals surface area contributed by atoms with Gasteiger partial charge in [0.25, 0.3) is 5.91 Å². The van der Waals surface area contributed by atoms with E-state index in [4.69, 9.17) is 4.74 Å². The molecule has 0 saturated carbocycles. The zero-order valence-electron chi connectivity index (χ0n) is 23.8. The minimum atomic E-state index is -1.29. The Morgan fingerprint density at radius 3 is 2.16 bits per heavy atom. The van der Waals surface area contributed by atoms with Crippen molar-refractivity contribution in [2.24, 2.45) is 0 Å². The highest BCUT2D eigenvalue weighted by Gasteiger charge is 2.26. The van der Waals surface area contributed by atoms with Gasteiger partial charge < -0.3 is 20.4 Å². The Labute approximate surface area is 252 Å². The smallest absolute Gasteiger partial charge is 0.308 e. The molecule has 1 heterocycles. The lowest BCUT2D eigenvalue weighted by Crippen LogP contribution is -2.45. The summed E-state index contributed by atoms with van der Waals surface area (Å²) in [5, 5.41) is 5.53. The Morgan fingerprint density at radius 2 is 1.48 bits per heavy atom. The number of hydrogen-bond acceptors (Lipinski definition) is 6. The van der Waals surface area contributed by atoms with Crippen molar-refractivity contribution in [1.29, 1.82) is 0 Å². The van der Waals surface area contributed by atoms with Gasteiger partial charge in [-0.1, -0.05) is 72.8 Å². The summed E-state index contributed by atoms with van der Waals surface area (Å²) >= 11 is 0. The molecule has 4 aromatic carbocycles. The van der Waals surface area contributed by atoms with E-state index >= 15 is 0 Å². The number of aromatic nitrogens is 1. The van der Waals surface area contributed by atoms with Gasteiger partial charge in [-0.05, 0) is 53.9 Å². The Bertz CT molecular complexity index is 1880. The quantitative estimate of drug-likeness (QED) is 0.151. The van der Waals surface area contributed by atoms with Crippen LogP contribution in [0.4, 0.5) is 5.69 Å². The molecule has 0 bridgehead atoms. The predicted octanol–water partition coefficient (Wildman–Crippen LogP) is 5.27. The zero-order valence-corrected chi connectivity index (χ0v) is 23.8. The van der Waals surface area contributed by atoms with E-state index in [2.05, 4.69) is 15.6 Å². The Kier molecular flexibility index (Phi) is 9.05. The van der Waals surface area contributed by atoms with Gasteiger partial charge in [-0.3, -0.25) is 24.0 Å². The summed E-state index contributed by atoms with van der Waals surface area (Å²) in [5.41, 5.74) is 3.22. The second kappa shape index (κ2) is 13.4. The number of ketones is 1. The summed E-state index contributed by atoms with van der Waals surface area (Å²) in [5.74, 6) is -2.32. The number of benzene rings is 4. The molecule has 5 rings (SSSR count). The van der Waals surface area contributed by atoms with Crippen molar-refractivity contribution in [1.82, 2.24) is 10.3 Å². The van der Waals surface area contributed by atoms with Gasteiger partial charge in [0.2, 0.25) is 5.91 Å². The van der Waals surface area contributed by atoms with E-state index in [0.717, 1.165) is 16.7 Å². The molecule has 5 aromatic rings. The lowest BCUT2D eigenvalue weighted by Gasteiger charge is -2.18. The van der Waals surface area contributed by atoms with E-state index < -0.39 is 41.5 Å². The van der Waals surface area contributed by atoms with Crippen molar-refractivity contribution in [3.05, 3.63) is 136 Å². The third kappa shape index (κ3) is 7.14. The number of carbonyl (C=O) groups excluding carboxylic acids is 4. The normalized spacial score (nSPS) is 11.4. The fraction of sp³-hybridized carbons (Fsp3) is 0.114. The molecule has 9 heteroatoms. The van der Waals surface area contributed by atoms with E-state index in [9.17, 15) is 24.0 Å². The number of H-pyrrole nitrogens is 1. The number of aromatic amines is 1. The highest BCUT2D eigenvalue weighted by molar-refractivity contribution is 6.04. The standard InChI is InChI=1S/C35H29N3O6/c1-22(39)29-20-36-30-17-16-27(18-28(30)33(29)41)37-35(43)31(19-32(40)44-21-23-8-4-2-5-9-23)38-34(42)26-14-12-25(13-15-26)24-10-6-3-7-11-24/h2-18,20,31H,19,21H2,1H3,(H,36,41)(H,37,43)(H,38,42)/t31-/m0/s1. The number of pyridine rings is 1. The van der Waals surface area contributed by atoms with E-state index in [1.54, 1.807) is 48.5 Å². The molecular formula is C35H29N3O6. The molecule has 1 aromatic heterocycles. The summed E-state index contributed by atoms with van der Waals surface area (Å²) in [6, 6.07) is 28.9. The lowest BCUT2D eigenvalue weighted by atomic mass is 10.0. The topological polar surface area (TPSA) is 134 Å². The van der Waals surface area contributed by atoms with Crippen molar-refractivity contribution in [3.8, 4) is 11.1 Å². The highest BCUT2D eigenvalue weighted by Crippen LogP contribution is 2.20. The number of nitrogens with one attached hydrogen (secondary N) is 3. The van der Waals surface area contributed by atoms with Crippen molar-refractivity contribution < 1.29 is 23.9 Å². The van der Waals surface area contributed by atoms with Crippen LogP contribution < -0.4 is 16.1 Å². The minimum Gasteiger partial charge on any atom is -0.461 e. The number of amides is 2. The summed E-state index contributed by atoms with van der Waals surface area (Å²) < 4.78 is 5.37. The van der Waals surface area contributed by atoms with Crippen LogP contribution in [-0.2, 0) is 20.9 Å². The van der Waals surface area contributed by atoms with Gasteiger partial charge >= 0.3 is 5.97 Å². The fourth-order valence-electron chi connectivity index (χ4n) is 4.65. The Balaban J connectivity index is 1.35. The van der Waals surface area contributed by atoms with Gasteiger partial charge in [0.05, 0.1) is 12.0 Å². The summed E-state index contributed by atoms with van der Waals surface area (Å²) in [6.07, 6.45) is 0.916. The van der Waals surface area contributed by atoms with Crippen molar-refractivity contribution >= 4 is 40.2 Å². The van der Waals surface area contributed by atoms with Crippen LogP contribution in [0.25, 0.3) is 22.0 Å². The molecule has 44 heavy (non-hydrogen) atoms. The monoisotopic (exact) mass is 587 g/mol. The van der Waals surface area contributed by atoms with Gasteiger partial charge in [0.15, 0.2) is 11.2 Å². The number of esters is 1. The molecule has 0 fully saturated rings. The van der Waals surface area contributed by atoms with Crippen molar-refractivity contribution in [3.63, 3.8) is 0 Å². The predicted molar refractivity (Wildman–Crippen MR) is 167 cm³/mol. The molecule has 220 valence electrons. The summed E-state index contributed by atoms with van der Waals surface area (Å²) in [7, 11) is 0. The van der Waals surface area contributed by atoms with Gasteiger partial charge in [-0.2, -0.15) is 0 Å². The second-order valence-electron chi connectivity index (χ2n) is 10.2. The molecule has 0 aliphatic carbocycles. The molecule has 0 aliphatic heterocycles. The average Bonchev–Trinajstić information content (AvgIpc) is 3.04. The third-order valence-corrected chi connectivity index (χ3v) is 7.02. The number of Topliss-reactive ketones (excluding diaryl/α,β-unsaturated/α-hetero) is 1. The molecular weight excluding hydrogens is 558 g/mol. The molecule has 2 amide bonds. The van der Waals surface area contributed by atoms with Crippen LogP contribution in [0.15, 0.2) is 114 Å². The zero-order chi connectivity index (χ0) is 31.1. The van der Waals surface area contributed by atoms with E-state index in [0.29, 0.717) is 11.1 Å². The van der Waals surface area contributed by atoms with Crippen LogP contribution >= 0.6 is 0 Å². The molecule has 0 aliphatic rings. The number of hydrogen-bond donors (Lipinski definition) is 3. The average molecular weight is 588 g/mol. The van der Waals surface area contributed by atoms with Gasteiger partial charge in [-0.25, -0.2) is 0 Å². The SMILES string of the molecule is CC(=O)c1c[nH]c2ccc(NC(=O)[C@H](CC(=O)OCc3ccccc3)NC(=O)c3ccc(-c4ccccc4)cc3)cc2c1=O. The Hall–Kier alpha value is -5.83. The first kappa shape index (κ1) is 29.7. The van der Waals surface area contributed by atoms with Crippen LogP contribution in [-0.4, -0.2) is 34.6 Å². The number of anilines is 1. The number of ether oxygens (including phenoxy) is 1. The number of rotatable bonds is 10. The van der Waals surface area contributed by atoms with Crippen LogP contribution in [0.5, 0.6) is 0 Å². The molecule has 0 spiro atoms. The maximum Gasteiger partial charge on any atom is 0.308 e. The van der Waals surface area contributed by atoms with Crippen LogP contribution in [0.1, 0.15) is 39.6 Å². The fourth-order valence-corrected chi connectivity index (χ4v) is 4.65. The lowest BCUT2D eigenvalue weighted by molar-refractivity contribution is -0.146. The van der Waals surface area contributed by atoms with Crippen molar-refractivity contribution in [2.75, 3.05) is 5.32 Å². The number of carbonyl (C=O) groups is 4. The van der Waals surface area contributed by atoms with Gasteiger partial charge in [0, 0.05) is 28.4 Å². The Morgan fingerprint density at radius 1 is 0.818 bits per heavy atom. The molecule has 9 nitrogen and oxygen atoms in total. The third-order valence-electron chi connectivity index (χ3n) is 7.02. The van der Waals surface area contributed by atoms with E-state index in [1.807, 2.05) is 48.5 Å². The molecule has 0 unspecified atom stereocenters. The first-order chi connectivity index (χ1) is 21.3. The first-order valence-corrected chi connectivity index (χ1v) is 13.9. The van der Waals surface area contributed by atoms with E-state index in [1.165, 1.54) is 19.2 Å². The highest BCUT2D eigenvalue weighted by atomic mass is 16.5. The second-order valence-corrected chi connectivity index (χ2v) is 10.2. The molecule has 3 N–H and O–H groups in total. The molecule has 0 radical (unpaired) electrons. The van der Waals surface area contributed by atoms with Crippen LogP contribution in [0, 0.1) is 0 Å². The summed E-state index contributed by atoms with van der Waals surface area (Å²) in [6.45, 7) is 1.30.